The maximum absolute atomic E-state index is 13.3. The number of rotatable bonds is 4. The van der Waals surface area contributed by atoms with Gasteiger partial charge in [-0.15, -0.1) is 0 Å². The Hall–Kier alpha value is -3.60. The molecule has 3 heterocycles. The number of carbonyl (C=O) groups excluding carboxylic acids is 1. The number of nitrogens with two attached hydrogens (primary N) is 1. The first kappa shape index (κ1) is 24.5. The largest absolute Gasteiger partial charge is 0.416 e. The van der Waals surface area contributed by atoms with Gasteiger partial charge in [0.05, 0.1) is 17.2 Å². The van der Waals surface area contributed by atoms with Gasteiger partial charge in [-0.25, -0.2) is 9.97 Å². The summed E-state index contributed by atoms with van der Waals surface area (Å²) in [4.78, 5) is 22.2. The molecule has 0 fully saturated rings. The first-order valence-corrected chi connectivity index (χ1v) is 11.2. The van der Waals surface area contributed by atoms with Crippen LogP contribution in [0.3, 0.4) is 0 Å². The molecule has 2 atom stereocenters. The van der Waals surface area contributed by atoms with E-state index in [0.29, 0.717) is 53.7 Å². The van der Waals surface area contributed by atoms with Crippen molar-refractivity contribution in [1.29, 1.82) is 0 Å². The highest BCUT2D eigenvalue weighted by atomic mass is 19.4. The van der Waals surface area contributed by atoms with Gasteiger partial charge in [0.25, 0.3) is 0 Å². The van der Waals surface area contributed by atoms with Crippen molar-refractivity contribution in [2.45, 2.75) is 45.6 Å². The third-order valence-electron chi connectivity index (χ3n) is 6.11. The predicted molar refractivity (Wildman–Crippen MR) is 127 cm³/mol. The molecule has 0 saturated heterocycles. The van der Waals surface area contributed by atoms with Crippen LogP contribution in [0.15, 0.2) is 35.4 Å². The van der Waals surface area contributed by atoms with Gasteiger partial charge in [-0.1, -0.05) is 6.08 Å². The zero-order valence-electron chi connectivity index (χ0n) is 19.6. The Morgan fingerprint density at radius 3 is 2.69 bits per heavy atom. The van der Waals surface area contributed by atoms with Crippen molar-refractivity contribution in [3.8, 4) is 0 Å². The van der Waals surface area contributed by atoms with Gasteiger partial charge in [-0.3, -0.25) is 4.79 Å². The minimum Gasteiger partial charge on any atom is -0.399 e. The lowest BCUT2D eigenvalue weighted by Gasteiger charge is -2.31. The number of carbonyl (C=O) groups is 1. The Balaban J connectivity index is 1.67. The third-order valence-corrected chi connectivity index (χ3v) is 6.11. The smallest absolute Gasteiger partial charge is 0.399 e. The maximum atomic E-state index is 13.3. The molecule has 2 aromatic rings. The summed E-state index contributed by atoms with van der Waals surface area (Å²) in [6.45, 7) is 5.91. The molecule has 8 nitrogen and oxygen atoms in total. The Morgan fingerprint density at radius 1 is 1.31 bits per heavy atom. The quantitative estimate of drug-likeness (QED) is 0.483. The summed E-state index contributed by atoms with van der Waals surface area (Å²) >= 11 is 0. The van der Waals surface area contributed by atoms with Gasteiger partial charge in [0.15, 0.2) is 6.23 Å². The molecule has 0 aliphatic carbocycles. The van der Waals surface area contributed by atoms with Crippen LogP contribution < -0.4 is 16.4 Å². The van der Waals surface area contributed by atoms with E-state index in [2.05, 4.69) is 20.6 Å². The van der Waals surface area contributed by atoms with E-state index in [0.717, 1.165) is 17.7 Å². The average Bonchev–Trinajstić information content (AvgIpc) is 2.77. The Bertz CT molecular complexity index is 1220. The number of aliphatic hydroxyl groups excluding tert-OH is 1. The SMILES string of the molecule is CC(=O)N1CC=C(C2=Cc3c(nc(C)nc3N[C@H](C)c3cc(N)cc(C(F)(F)F)c3)NC2O)CC1. The Morgan fingerprint density at radius 2 is 2.06 bits per heavy atom. The summed E-state index contributed by atoms with van der Waals surface area (Å²) in [6, 6.07) is 2.90. The van der Waals surface area contributed by atoms with E-state index in [4.69, 9.17) is 5.73 Å². The number of amides is 1. The van der Waals surface area contributed by atoms with E-state index >= 15 is 0 Å². The monoisotopic (exact) mass is 488 g/mol. The molecule has 0 bridgehead atoms. The second-order valence-electron chi connectivity index (χ2n) is 8.72. The second-order valence-corrected chi connectivity index (χ2v) is 8.72. The molecule has 5 N–H and O–H groups in total. The molecule has 35 heavy (non-hydrogen) atoms. The zero-order valence-corrected chi connectivity index (χ0v) is 19.6. The fraction of sp³-hybridized carbons (Fsp3) is 0.375. The van der Waals surface area contributed by atoms with Crippen LogP contribution in [-0.2, 0) is 11.0 Å². The van der Waals surface area contributed by atoms with Crippen LogP contribution in [0.5, 0.6) is 0 Å². The van der Waals surface area contributed by atoms with Gasteiger partial charge < -0.3 is 26.4 Å². The van der Waals surface area contributed by atoms with Crippen LogP contribution in [-0.4, -0.2) is 45.2 Å². The van der Waals surface area contributed by atoms with E-state index < -0.39 is 24.0 Å². The van der Waals surface area contributed by atoms with Crippen LogP contribution in [0.4, 0.5) is 30.5 Å². The zero-order chi connectivity index (χ0) is 25.5. The lowest BCUT2D eigenvalue weighted by atomic mass is 9.94. The minimum absolute atomic E-state index is 0.0125. The molecule has 1 aromatic carbocycles. The lowest BCUT2D eigenvalue weighted by Crippen LogP contribution is -2.35. The number of benzene rings is 1. The van der Waals surface area contributed by atoms with Crippen LogP contribution in [0, 0.1) is 6.92 Å². The van der Waals surface area contributed by atoms with Gasteiger partial charge in [-0.05, 0) is 55.7 Å². The highest BCUT2D eigenvalue weighted by molar-refractivity contribution is 5.80. The minimum atomic E-state index is -4.52. The molecule has 0 spiro atoms. The van der Waals surface area contributed by atoms with Gasteiger partial charge in [0.2, 0.25) is 5.91 Å². The molecular formula is C24H27F3N6O2. The first-order valence-electron chi connectivity index (χ1n) is 11.2. The number of nitrogens with one attached hydrogen (secondary N) is 2. The van der Waals surface area contributed by atoms with Gasteiger partial charge >= 0.3 is 6.18 Å². The van der Waals surface area contributed by atoms with E-state index in [1.165, 1.54) is 13.0 Å². The number of nitrogen functional groups attached to an aromatic ring is 1. The summed E-state index contributed by atoms with van der Waals surface area (Å²) in [5, 5.41) is 16.9. The number of hydrogen-bond donors (Lipinski definition) is 4. The van der Waals surface area contributed by atoms with Crippen molar-refractivity contribution in [2.24, 2.45) is 0 Å². The lowest BCUT2D eigenvalue weighted by molar-refractivity contribution is -0.137. The standard InChI is InChI=1S/C24H27F3N6O2/c1-12(16-8-17(24(25,26)27)10-18(28)9-16)29-21-20-11-19(15-4-6-33(7-5-15)14(3)34)23(35)32-22(20)31-13(2)30-21/h4,8-12,23,35H,5-7,28H2,1-3H3,(H2,29,30,31,32)/t12-,23?/m1/s1. The van der Waals surface area contributed by atoms with Crippen molar-refractivity contribution in [3.05, 3.63) is 57.9 Å². The van der Waals surface area contributed by atoms with E-state index in [1.54, 1.807) is 24.8 Å². The molecule has 2 aliphatic heterocycles. The van der Waals surface area contributed by atoms with Crippen molar-refractivity contribution < 1.29 is 23.1 Å². The molecular weight excluding hydrogens is 461 g/mol. The predicted octanol–water partition coefficient (Wildman–Crippen LogP) is 3.87. The number of anilines is 3. The maximum Gasteiger partial charge on any atom is 0.416 e. The van der Waals surface area contributed by atoms with Crippen molar-refractivity contribution in [2.75, 3.05) is 29.5 Å². The number of nitrogens with zero attached hydrogens (tertiary/aromatic N) is 3. The number of aryl methyl sites for hydroxylation is 1. The van der Waals surface area contributed by atoms with E-state index in [-0.39, 0.29) is 11.6 Å². The topological polar surface area (TPSA) is 116 Å². The summed E-state index contributed by atoms with van der Waals surface area (Å²) in [5.74, 6) is 1.23. The number of alkyl halides is 3. The Kier molecular flexibility index (Phi) is 6.46. The molecule has 0 radical (unpaired) electrons. The highest BCUT2D eigenvalue weighted by Gasteiger charge is 2.32. The molecule has 186 valence electrons. The van der Waals surface area contributed by atoms with E-state index in [9.17, 15) is 23.1 Å². The van der Waals surface area contributed by atoms with Gasteiger partial charge in [0, 0.05) is 31.3 Å². The van der Waals surface area contributed by atoms with Crippen LogP contribution in [0.1, 0.15) is 48.8 Å². The average molecular weight is 489 g/mol. The van der Waals surface area contributed by atoms with Gasteiger partial charge in [-0.2, -0.15) is 13.2 Å². The van der Waals surface area contributed by atoms with Crippen molar-refractivity contribution in [3.63, 3.8) is 0 Å². The highest BCUT2D eigenvalue weighted by Crippen LogP contribution is 2.37. The van der Waals surface area contributed by atoms with Crippen molar-refractivity contribution >= 4 is 29.3 Å². The molecule has 2 aliphatic rings. The van der Waals surface area contributed by atoms with Gasteiger partial charge in [0.1, 0.15) is 17.5 Å². The summed E-state index contributed by atoms with van der Waals surface area (Å²) in [6.07, 6.45) is -1.25. The molecule has 11 heteroatoms. The Labute approximate surface area is 200 Å². The molecule has 4 rings (SSSR count). The molecule has 1 aromatic heterocycles. The van der Waals surface area contributed by atoms with Crippen molar-refractivity contribution in [1.82, 2.24) is 14.9 Å². The number of aliphatic hydroxyl groups is 1. The number of aromatic nitrogens is 2. The molecule has 1 amide bonds. The van der Waals surface area contributed by atoms with Crippen LogP contribution >= 0.6 is 0 Å². The summed E-state index contributed by atoms with van der Waals surface area (Å²) in [7, 11) is 0. The summed E-state index contributed by atoms with van der Waals surface area (Å²) < 4.78 is 39.8. The molecule has 1 unspecified atom stereocenters. The first-order chi connectivity index (χ1) is 16.4. The second kappa shape index (κ2) is 9.21. The number of halogens is 3. The fourth-order valence-corrected chi connectivity index (χ4v) is 4.24. The van der Waals surface area contributed by atoms with E-state index in [1.807, 2.05) is 6.08 Å². The molecule has 0 saturated carbocycles. The van der Waals surface area contributed by atoms with Crippen LogP contribution in [0.25, 0.3) is 6.08 Å². The number of hydrogen-bond acceptors (Lipinski definition) is 7. The normalized spacial score (nSPS) is 18.7. The van der Waals surface area contributed by atoms with Crippen LogP contribution in [0.2, 0.25) is 0 Å². The number of fused-ring (bicyclic) bond motifs is 1. The third kappa shape index (κ3) is 5.24. The fourth-order valence-electron chi connectivity index (χ4n) is 4.24. The summed E-state index contributed by atoms with van der Waals surface area (Å²) in [5.41, 5.74) is 7.40.